The standard InChI is InChI=1S/C6H15F3NPSi/c1-6(2,3)10(11(7)8)12(4,5)9/h1-5H3. The van der Waals surface area contributed by atoms with Gasteiger partial charge >= 0.3 is 17.3 Å². The third-order valence-electron chi connectivity index (χ3n) is 1.29. The normalized spacial score (nSPS) is 14.5. The summed E-state index contributed by atoms with van der Waals surface area (Å²) in [7, 11) is -6.69. The van der Waals surface area contributed by atoms with Crippen molar-refractivity contribution in [3.63, 3.8) is 0 Å². The van der Waals surface area contributed by atoms with Crippen LogP contribution in [0.5, 0.6) is 0 Å². The number of hydrogen-bond donors (Lipinski definition) is 0. The molecule has 0 radical (unpaired) electrons. The second-order valence-corrected chi connectivity index (χ2v) is 8.58. The smallest absolute Gasteiger partial charge is 0.293 e. The van der Waals surface area contributed by atoms with Crippen molar-refractivity contribution in [3.05, 3.63) is 0 Å². The molecule has 0 aromatic heterocycles. The van der Waals surface area contributed by atoms with E-state index in [1.54, 1.807) is 20.8 Å². The Morgan fingerprint density at radius 2 is 1.50 bits per heavy atom. The molecule has 0 aliphatic heterocycles. The second-order valence-electron chi connectivity index (χ2n) is 4.11. The van der Waals surface area contributed by atoms with Crippen molar-refractivity contribution in [2.24, 2.45) is 0 Å². The summed E-state index contributed by atoms with van der Waals surface area (Å²) in [5, 5.41) is 0. The summed E-state index contributed by atoms with van der Waals surface area (Å²) in [6.07, 6.45) is 0. The Labute approximate surface area is 74.3 Å². The topological polar surface area (TPSA) is 3.24 Å². The Kier molecular flexibility index (Phi) is 3.76. The van der Waals surface area contributed by atoms with Crippen LogP contribution < -0.4 is 0 Å². The maximum atomic E-state index is 13.4. The first-order valence-corrected chi connectivity index (χ1v) is 7.58. The van der Waals surface area contributed by atoms with E-state index in [0.717, 1.165) is 4.34 Å². The number of rotatable bonds is 2. The molecule has 0 bridgehead atoms. The minimum atomic E-state index is -3.37. The molecule has 0 saturated carbocycles. The van der Waals surface area contributed by atoms with Gasteiger partial charge in [0.2, 0.25) is 0 Å². The van der Waals surface area contributed by atoms with E-state index in [4.69, 9.17) is 0 Å². The van der Waals surface area contributed by atoms with Gasteiger partial charge in [0.1, 0.15) is 0 Å². The van der Waals surface area contributed by atoms with Crippen molar-refractivity contribution in [2.45, 2.75) is 39.4 Å². The van der Waals surface area contributed by atoms with E-state index in [-0.39, 0.29) is 0 Å². The molecule has 12 heavy (non-hydrogen) atoms. The van der Waals surface area contributed by atoms with Crippen molar-refractivity contribution < 1.29 is 12.5 Å². The molecule has 0 amide bonds. The van der Waals surface area contributed by atoms with Crippen molar-refractivity contribution in [1.29, 1.82) is 0 Å². The molecule has 0 spiro atoms. The van der Waals surface area contributed by atoms with Crippen LogP contribution in [0.2, 0.25) is 13.1 Å². The molecule has 6 heteroatoms. The van der Waals surface area contributed by atoms with Crippen LogP contribution in [0.25, 0.3) is 0 Å². The molecule has 0 atom stereocenters. The van der Waals surface area contributed by atoms with Crippen molar-refractivity contribution >= 4 is 17.3 Å². The summed E-state index contributed by atoms with van der Waals surface area (Å²) in [5.74, 6) is 0. The van der Waals surface area contributed by atoms with Gasteiger partial charge in [-0.2, -0.15) is 8.39 Å². The molecule has 0 heterocycles. The van der Waals surface area contributed by atoms with Crippen LogP contribution in [0, 0.1) is 0 Å². The van der Waals surface area contributed by atoms with E-state index in [0.29, 0.717) is 0 Å². The first-order chi connectivity index (χ1) is 5.07. The van der Waals surface area contributed by atoms with Crippen LogP contribution in [-0.4, -0.2) is 18.4 Å². The lowest BCUT2D eigenvalue weighted by molar-refractivity contribution is 0.325. The SMILES string of the molecule is CC(C)(C)N(P(F)F)[Si](C)(C)F. The van der Waals surface area contributed by atoms with Crippen LogP contribution in [0.15, 0.2) is 0 Å². The summed E-state index contributed by atoms with van der Waals surface area (Å²) in [4.78, 5) is 0. The molecular formula is C6H15F3NPSi. The lowest BCUT2D eigenvalue weighted by Crippen LogP contribution is -2.50. The summed E-state index contributed by atoms with van der Waals surface area (Å²) >= 11 is 0. The Morgan fingerprint density at radius 3 is 1.50 bits per heavy atom. The maximum absolute atomic E-state index is 13.4. The van der Waals surface area contributed by atoms with Crippen LogP contribution >= 0.6 is 8.69 Å². The molecule has 0 aromatic rings. The third-order valence-corrected chi connectivity index (χ3v) is 5.75. The van der Waals surface area contributed by atoms with Gasteiger partial charge < -0.3 is 0 Å². The lowest BCUT2D eigenvalue weighted by atomic mass is 10.1. The van der Waals surface area contributed by atoms with Crippen LogP contribution in [0.1, 0.15) is 20.8 Å². The highest BCUT2D eigenvalue weighted by Crippen LogP contribution is 2.51. The van der Waals surface area contributed by atoms with Crippen molar-refractivity contribution in [2.75, 3.05) is 0 Å². The average molecular weight is 217 g/mol. The van der Waals surface area contributed by atoms with E-state index >= 15 is 0 Å². The molecule has 74 valence electrons. The van der Waals surface area contributed by atoms with Gasteiger partial charge in [-0.1, -0.05) is 0 Å². The molecule has 0 rings (SSSR count). The van der Waals surface area contributed by atoms with Crippen LogP contribution in [0.3, 0.4) is 0 Å². The van der Waals surface area contributed by atoms with Gasteiger partial charge in [-0.15, -0.1) is 0 Å². The van der Waals surface area contributed by atoms with Gasteiger partial charge in [-0.05, 0) is 33.9 Å². The Balaban J connectivity index is 4.70. The van der Waals surface area contributed by atoms with Gasteiger partial charge in [0.25, 0.3) is 0 Å². The quantitative estimate of drug-likeness (QED) is 0.385. The van der Waals surface area contributed by atoms with Gasteiger partial charge in [0.15, 0.2) is 0 Å². The summed E-state index contributed by atoms with van der Waals surface area (Å²) in [6, 6.07) is 0. The number of halogens is 3. The lowest BCUT2D eigenvalue weighted by Gasteiger charge is -2.38. The highest BCUT2D eigenvalue weighted by molar-refractivity contribution is 7.46. The number of hydrogen-bond acceptors (Lipinski definition) is 1. The van der Waals surface area contributed by atoms with Crippen LogP contribution in [-0.2, 0) is 0 Å². The third kappa shape index (κ3) is 3.41. The highest BCUT2D eigenvalue weighted by atomic mass is 31.2. The minimum Gasteiger partial charge on any atom is -0.293 e. The predicted molar refractivity (Wildman–Crippen MR) is 49.3 cm³/mol. The fourth-order valence-electron chi connectivity index (χ4n) is 1.20. The van der Waals surface area contributed by atoms with Crippen molar-refractivity contribution in [3.8, 4) is 0 Å². The predicted octanol–water partition coefficient (Wildman–Crippen LogP) is 3.92. The molecule has 0 aliphatic carbocycles. The monoisotopic (exact) mass is 217 g/mol. The minimum absolute atomic E-state index is 0.745. The van der Waals surface area contributed by atoms with E-state index in [2.05, 4.69) is 0 Å². The molecule has 0 saturated heterocycles. The zero-order chi connectivity index (χ0) is 10.2. The zero-order valence-corrected chi connectivity index (χ0v) is 9.92. The van der Waals surface area contributed by atoms with Gasteiger partial charge in [-0.25, -0.2) is 4.34 Å². The molecule has 0 unspecified atom stereocenters. The van der Waals surface area contributed by atoms with Crippen molar-refractivity contribution in [1.82, 2.24) is 4.34 Å². The summed E-state index contributed by atoms with van der Waals surface area (Å²) in [6.45, 7) is 7.39. The van der Waals surface area contributed by atoms with E-state index in [9.17, 15) is 12.5 Å². The Morgan fingerprint density at radius 1 is 1.17 bits per heavy atom. The molecule has 0 aliphatic rings. The average Bonchev–Trinajstić information content (AvgIpc) is 1.49. The van der Waals surface area contributed by atoms with E-state index in [1.165, 1.54) is 13.1 Å². The highest BCUT2D eigenvalue weighted by Gasteiger charge is 2.44. The van der Waals surface area contributed by atoms with Gasteiger partial charge in [0.05, 0.1) is 0 Å². The maximum Gasteiger partial charge on any atom is 0.341 e. The molecule has 0 aromatic carbocycles. The van der Waals surface area contributed by atoms with Gasteiger partial charge in [-0.3, -0.25) is 4.11 Å². The first-order valence-electron chi connectivity index (χ1n) is 3.67. The molecule has 0 N–H and O–H groups in total. The van der Waals surface area contributed by atoms with Crippen LogP contribution in [0.4, 0.5) is 12.5 Å². The van der Waals surface area contributed by atoms with Gasteiger partial charge in [0, 0.05) is 5.54 Å². The Bertz CT molecular complexity index is 138. The molecular weight excluding hydrogens is 202 g/mol. The largest absolute Gasteiger partial charge is 0.341 e. The second kappa shape index (κ2) is 3.64. The number of nitrogens with zero attached hydrogens (tertiary/aromatic N) is 1. The molecule has 0 fully saturated rings. The zero-order valence-electron chi connectivity index (χ0n) is 8.03. The summed E-state index contributed by atoms with van der Waals surface area (Å²) in [5.41, 5.74) is -0.778. The fourth-order valence-corrected chi connectivity index (χ4v) is 4.69. The Hall–Kier alpha value is 0.397. The fraction of sp³-hybridized carbons (Fsp3) is 1.00. The van der Waals surface area contributed by atoms with E-state index < -0.39 is 22.8 Å². The summed E-state index contributed by atoms with van der Waals surface area (Å²) < 4.78 is 39.1. The van der Waals surface area contributed by atoms with E-state index in [1.807, 2.05) is 0 Å². The molecule has 1 nitrogen and oxygen atoms in total. The first kappa shape index (κ1) is 12.4.